The number of nitrogens with zero attached hydrogens (tertiary/aromatic N) is 2. The summed E-state index contributed by atoms with van der Waals surface area (Å²) in [6, 6.07) is 9.73. The van der Waals surface area contributed by atoms with E-state index in [2.05, 4.69) is 10.5 Å². The average molecular weight is 419 g/mol. The number of carbonyl (C=O) groups excluding carboxylic acids is 1. The maximum atomic E-state index is 12.7. The van der Waals surface area contributed by atoms with Crippen molar-refractivity contribution < 1.29 is 27.4 Å². The minimum Gasteiger partial charge on any atom is -0.496 e. The van der Waals surface area contributed by atoms with Gasteiger partial charge in [-0.1, -0.05) is 0 Å². The number of carbonyl (C=O) groups is 1. The molecule has 0 radical (unpaired) electrons. The molecule has 0 aliphatic carbocycles. The normalized spacial score (nSPS) is 13.1. The van der Waals surface area contributed by atoms with Gasteiger partial charge in [0.2, 0.25) is 16.8 Å². The summed E-state index contributed by atoms with van der Waals surface area (Å²) in [7, 11) is -0.991. The monoisotopic (exact) mass is 419 g/mol. The van der Waals surface area contributed by atoms with Gasteiger partial charge in [0.05, 0.1) is 24.8 Å². The molecule has 0 fully saturated rings. The molecule has 0 bridgehead atoms. The summed E-state index contributed by atoms with van der Waals surface area (Å²) < 4.78 is 41.9. The first kappa shape index (κ1) is 20.6. The van der Waals surface area contributed by atoms with Gasteiger partial charge in [0.25, 0.3) is 5.91 Å². The fourth-order valence-electron chi connectivity index (χ4n) is 2.69. The Balaban J connectivity index is 1.60. The highest BCUT2D eigenvalue weighted by molar-refractivity contribution is 7.89. The van der Waals surface area contributed by atoms with Gasteiger partial charge in [-0.25, -0.2) is 13.8 Å². The van der Waals surface area contributed by atoms with Crippen LogP contribution >= 0.6 is 0 Å². The van der Waals surface area contributed by atoms with Gasteiger partial charge in [-0.2, -0.15) is 9.41 Å². The summed E-state index contributed by atoms with van der Waals surface area (Å²) in [6.45, 7) is 1.53. The summed E-state index contributed by atoms with van der Waals surface area (Å²) in [5.74, 6) is 1.26. The average Bonchev–Trinajstić information content (AvgIpc) is 3.15. The molecule has 3 rings (SSSR count). The number of nitrogens with one attached hydrogen (secondary N) is 1. The molecular formula is C19H21N3O6S. The number of hydrazone groups is 1. The van der Waals surface area contributed by atoms with Crippen molar-refractivity contribution in [2.45, 2.75) is 11.8 Å². The summed E-state index contributed by atoms with van der Waals surface area (Å²) in [4.78, 5) is 12.2. The molecule has 2 aromatic carbocycles. The van der Waals surface area contributed by atoms with Gasteiger partial charge in [-0.3, -0.25) is 4.79 Å². The number of sulfonamides is 1. The number of rotatable bonds is 7. The number of amides is 1. The van der Waals surface area contributed by atoms with Gasteiger partial charge in [-0.15, -0.1) is 0 Å². The van der Waals surface area contributed by atoms with E-state index >= 15 is 0 Å². The van der Waals surface area contributed by atoms with Gasteiger partial charge < -0.3 is 14.2 Å². The van der Waals surface area contributed by atoms with E-state index in [1.165, 1.54) is 32.5 Å². The first-order valence-corrected chi connectivity index (χ1v) is 10.1. The van der Waals surface area contributed by atoms with Crippen LogP contribution in [0.1, 0.15) is 11.1 Å². The van der Waals surface area contributed by atoms with Crippen LogP contribution in [0.2, 0.25) is 0 Å². The third kappa shape index (κ3) is 4.66. The van der Waals surface area contributed by atoms with E-state index in [4.69, 9.17) is 14.2 Å². The van der Waals surface area contributed by atoms with Crippen molar-refractivity contribution in [3.05, 3.63) is 47.5 Å². The molecule has 0 aromatic heterocycles. The fraction of sp³-hybridized carbons (Fsp3) is 0.263. The first-order valence-electron chi connectivity index (χ1n) is 8.64. The van der Waals surface area contributed by atoms with Gasteiger partial charge >= 0.3 is 0 Å². The highest BCUT2D eigenvalue weighted by Crippen LogP contribution is 2.32. The van der Waals surface area contributed by atoms with Crippen molar-refractivity contribution in [2.24, 2.45) is 5.10 Å². The van der Waals surface area contributed by atoms with Gasteiger partial charge in [0.1, 0.15) is 5.75 Å². The number of ether oxygens (including phenoxy) is 3. The maximum absolute atomic E-state index is 12.7. The first-order chi connectivity index (χ1) is 13.8. The molecule has 154 valence electrons. The lowest BCUT2D eigenvalue weighted by Crippen LogP contribution is -2.36. The zero-order valence-electron chi connectivity index (χ0n) is 16.2. The summed E-state index contributed by atoms with van der Waals surface area (Å²) in [5, 5.41) is 3.85. The lowest BCUT2D eigenvalue weighted by atomic mass is 10.2. The van der Waals surface area contributed by atoms with E-state index in [-0.39, 0.29) is 18.2 Å². The van der Waals surface area contributed by atoms with E-state index in [1.54, 1.807) is 31.2 Å². The van der Waals surface area contributed by atoms with Crippen molar-refractivity contribution in [1.82, 2.24) is 9.73 Å². The molecule has 1 amide bonds. The van der Waals surface area contributed by atoms with E-state index in [9.17, 15) is 13.2 Å². The minimum atomic E-state index is -3.83. The molecule has 9 nitrogen and oxygen atoms in total. The highest BCUT2D eigenvalue weighted by atomic mass is 32.2. The van der Waals surface area contributed by atoms with Crippen LogP contribution in [0.5, 0.6) is 17.2 Å². The Bertz CT molecular complexity index is 1050. The van der Waals surface area contributed by atoms with Crippen molar-refractivity contribution in [3.63, 3.8) is 0 Å². The number of fused-ring (bicyclic) bond motifs is 1. The largest absolute Gasteiger partial charge is 0.496 e. The molecule has 0 saturated heterocycles. The molecule has 2 aromatic rings. The number of likely N-dealkylation sites (N-methyl/N-ethyl adjacent to an activating group) is 1. The van der Waals surface area contributed by atoms with Crippen LogP contribution in [0, 0.1) is 6.92 Å². The second-order valence-corrected chi connectivity index (χ2v) is 8.34. The zero-order valence-corrected chi connectivity index (χ0v) is 17.0. The Kier molecular flexibility index (Phi) is 6.04. The fourth-order valence-corrected chi connectivity index (χ4v) is 3.90. The molecule has 0 saturated carbocycles. The highest BCUT2D eigenvalue weighted by Gasteiger charge is 2.23. The third-order valence-electron chi connectivity index (χ3n) is 4.24. The summed E-state index contributed by atoms with van der Waals surface area (Å²) in [5.41, 5.74) is 3.69. The van der Waals surface area contributed by atoms with Crippen LogP contribution in [0.4, 0.5) is 0 Å². The topological polar surface area (TPSA) is 107 Å². The Labute approximate surface area is 168 Å². The number of aryl methyl sites for hydroxylation is 1. The van der Waals surface area contributed by atoms with E-state index < -0.39 is 15.9 Å². The van der Waals surface area contributed by atoms with Crippen LogP contribution in [-0.2, 0) is 14.8 Å². The number of hydrogen-bond acceptors (Lipinski definition) is 7. The second kappa shape index (κ2) is 8.50. The van der Waals surface area contributed by atoms with E-state index in [0.717, 1.165) is 4.31 Å². The predicted octanol–water partition coefficient (Wildman–Crippen LogP) is 1.50. The molecular weight excluding hydrogens is 398 g/mol. The van der Waals surface area contributed by atoms with Crippen LogP contribution in [0.15, 0.2) is 46.4 Å². The molecule has 10 heteroatoms. The Morgan fingerprint density at radius 3 is 2.72 bits per heavy atom. The summed E-state index contributed by atoms with van der Waals surface area (Å²) in [6.07, 6.45) is 1.43. The molecule has 1 aliphatic heterocycles. The van der Waals surface area contributed by atoms with E-state index in [0.29, 0.717) is 28.4 Å². The summed E-state index contributed by atoms with van der Waals surface area (Å²) >= 11 is 0. The molecule has 1 heterocycles. The molecule has 0 unspecified atom stereocenters. The third-order valence-corrected chi connectivity index (χ3v) is 6.04. The lowest BCUT2D eigenvalue weighted by Gasteiger charge is -2.17. The van der Waals surface area contributed by atoms with Crippen molar-refractivity contribution in [3.8, 4) is 17.2 Å². The lowest BCUT2D eigenvalue weighted by molar-refractivity contribution is -0.121. The number of benzene rings is 2. The molecule has 1 N–H and O–H groups in total. The second-order valence-electron chi connectivity index (χ2n) is 6.30. The Morgan fingerprint density at radius 1 is 1.24 bits per heavy atom. The smallest absolute Gasteiger partial charge is 0.255 e. The zero-order chi connectivity index (χ0) is 21.0. The predicted molar refractivity (Wildman–Crippen MR) is 106 cm³/mol. The number of methoxy groups -OCH3 is 1. The molecule has 1 aliphatic rings. The van der Waals surface area contributed by atoms with E-state index in [1.807, 2.05) is 0 Å². The van der Waals surface area contributed by atoms with Gasteiger partial charge in [-0.05, 0) is 54.4 Å². The Morgan fingerprint density at radius 2 is 2.00 bits per heavy atom. The standard InChI is InChI=1S/C19H21N3O6S/c1-13-8-15(5-7-16(13)26-3)29(24,25)22(2)11-19(23)21-20-10-14-4-6-17-18(9-14)28-12-27-17/h4-10H,11-12H2,1-3H3,(H,21,23)/b20-10-. The SMILES string of the molecule is COc1ccc(S(=O)(=O)N(C)CC(=O)N/N=C\c2ccc3c(c2)OCO3)cc1C. The van der Waals surface area contributed by atoms with Crippen LogP contribution in [-0.4, -0.2) is 52.3 Å². The molecule has 29 heavy (non-hydrogen) atoms. The molecule has 0 spiro atoms. The van der Waals surface area contributed by atoms with Gasteiger partial charge in [0.15, 0.2) is 11.5 Å². The number of hydrogen-bond donors (Lipinski definition) is 1. The van der Waals surface area contributed by atoms with Crippen LogP contribution < -0.4 is 19.6 Å². The van der Waals surface area contributed by atoms with Gasteiger partial charge in [0, 0.05) is 7.05 Å². The quantitative estimate of drug-likeness (QED) is 0.539. The van der Waals surface area contributed by atoms with Crippen LogP contribution in [0.3, 0.4) is 0 Å². The Hall–Kier alpha value is -3.11. The van der Waals surface area contributed by atoms with Crippen molar-refractivity contribution in [1.29, 1.82) is 0 Å². The maximum Gasteiger partial charge on any atom is 0.255 e. The molecule has 0 atom stereocenters. The van der Waals surface area contributed by atoms with Crippen molar-refractivity contribution in [2.75, 3.05) is 27.5 Å². The minimum absolute atomic E-state index is 0.0787. The van der Waals surface area contributed by atoms with Crippen molar-refractivity contribution >= 4 is 22.1 Å². The van der Waals surface area contributed by atoms with Crippen LogP contribution in [0.25, 0.3) is 0 Å².